The summed E-state index contributed by atoms with van der Waals surface area (Å²) in [7, 11) is 0. The fraction of sp³-hybridized carbons (Fsp3) is 0.435. The number of amides is 1. The van der Waals surface area contributed by atoms with Gasteiger partial charge in [0, 0.05) is 48.5 Å². The zero-order chi connectivity index (χ0) is 19.3. The number of carbonyl (C=O) groups excluding carboxylic acids is 1. The van der Waals surface area contributed by atoms with Crippen molar-refractivity contribution >= 4 is 29.3 Å². The van der Waals surface area contributed by atoms with Crippen molar-refractivity contribution in [1.29, 1.82) is 0 Å². The van der Waals surface area contributed by atoms with E-state index in [-0.39, 0.29) is 18.3 Å². The van der Waals surface area contributed by atoms with E-state index in [2.05, 4.69) is 38.1 Å². The number of carbonyl (C=O) groups is 1. The van der Waals surface area contributed by atoms with E-state index >= 15 is 0 Å². The molecule has 1 saturated carbocycles. The third-order valence-corrected chi connectivity index (χ3v) is 5.77. The quantitative estimate of drug-likeness (QED) is 0.560. The zero-order valence-electron chi connectivity index (χ0n) is 16.9. The van der Waals surface area contributed by atoms with Crippen molar-refractivity contribution in [3.8, 4) is 11.3 Å². The van der Waals surface area contributed by atoms with Gasteiger partial charge < -0.3 is 9.88 Å². The number of aryl methyl sites for hydroxylation is 2. The average Bonchev–Trinajstić information content (AvgIpc) is 3.33. The molecule has 1 aliphatic carbocycles. The number of fused-ring (bicyclic) bond motifs is 1. The third-order valence-electron chi connectivity index (χ3n) is 5.77. The third kappa shape index (κ3) is 4.96. The lowest BCUT2D eigenvalue weighted by atomic mass is 10.0. The van der Waals surface area contributed by atoms with Gasteiger partial charge in [-0.25, -0.2) is 4.98 Å². The van der Waals surface area contributed by atoms with Crippen LogP contribution in [0.1, 0.15) is 44.2 Å². The number of rotatable bonds is 7. The molecular weight excluding hydrogens is 384 g/mol. The van der Waals surface area contributed by atoms with Crippen LogP contribution in [0.4, 0.5) is 0 Å². The molecule has 0 bridgehead atoms. The SMILES string of the molecule is Cc1ncccc1-c1cc2cccnc2n1CCCNC(=O)CC1CCCC1.Cl. The summed E-state index contributed by atoms with van der Waals surface area (Å²) in [6.07, 6.45) is 10.2. The van der Waals surface area contributed by atoms with Gasteiger partial charge >= 0.3 is 0 Å². The van der Waals surface area contributed by atoms with Crippen molar-refractivity contribution < 1.29 is 4.79 Å². The van der Waals surface area contributed by atoms with Crippen LogP contribution in [-0.2, 0) is 11.3 Å². The summed E-state index contributed by atoms with van der Waals surface area (Å²) in [4.78, 5) is 21.2. The maximum atomic E-state index is 12.2. The maximum absolute atomic E-state index is 12.2. The summed E-state index contributed by atoms with van der Waals surface area (Å²) in [6.45, 7) is 3.55. The van der Waals surface area contributed by atoms with E-state index in [0.29, 0.717) is 18.9 Å². The van der Waals surface area contributed by atoms with Gasteiger partial charge in [0.25, 0.3) is 0 Å². The summed E-state index contributed by atoms with van der Waals surface area (Å²) in [5.74, 6) is 0.795. The summed E-state index contributed by atoms with van der Waals surface area (Å²) < 4.78 is 2.25. The molecule has 3 aromatic rings. The van der Waals surface area contributed by atoms with Gasteiger partial charge in [-0.3, -0.25) is 9.78 Å². The molecule has 0 atom stereocenters. The Hall–Kier alpha value is -2.40. The molecule has 4 rings (SSSR count). The zero-order valence-corrected chi connectivity index (χ0v) is 17.8. The highest BCUT2D eigenvalue weighted by Gasteiger charge is 2.18. The first-order chi connectivity index (χ1) is 13.7. The number of aromatic nitrogens is 3. The predicted molar refractivity (Wildman–Crippen MR) is 119 cm³/mol. The topological polar surface area (TPSA) is 59.8 Å². The lowest BCUT2D eigenvalue weighted by molar-refractivity contribution is -0.121. The smallest absolute Gasteiger partial charge is 0.220 e. The molecule has 5 nitrogen and oxygen atoms in total. The first-order valence-corrected chi connectivity index (χ1v) is 10.4. The number of nitrogens with zero attached hydrogens (tertiary/aromatic N) is 3. The van der Waals surface area contributed by atoms with E-state index in [1.807, 2.05) is 31.5 Å². The van der Waals surface area contributed by atoms with E-state index in [4.69, 9.17) is 0 Å². The minimum Gasteiger partial charge on any atom is -0.356 e. The maximum Gasteiger partial charge on any atom is 0.220 e. The first kappa shape index (κ1) is 21.3. The van der Waals surface area contributed by atoms with Gasteiger partial charge in [0.1, 0.15) is 5.65 Å². The van der Waals surface area contributed by atoms with E-state index in [1.165, 1.54) is 25.7 Å². The Bertz CT molecular complexity index is 962. The minimum absolute atomic E-state index is 0. The molecule has 3 heterocycles. The van der Waals surface area contributed by atoms with Crippen LogP contribution in [0.2, 0.25) is 0 Å². The predicted octanol–water partition coefficient (Wildman–Crippen LogP) is 4.92. The normalized spacial score (nSPS) is 14.1. The van der Waals surface area contributed by atoms with Crippen molar-refractivity contribution in [2.24, 2.45) is 5.92 Å². The molecule has 1 fully saturated rings. The molecule has 0 aliphatic heterocycles. The fourth-order valence-electron chi connectivity index (χ4n) is 4.31. The minimum atomic E-state index is 0. The van der Waals surface area contributed by atoms with Gasteiger partial charge in [0.05, 0.1) is 5.69 Å². The summed E-state index contributed by atoms with van der Waals surface area (Å²) >= 11 is 0. The van der Waals surface area contributed by atoms with Crippen LogP contribution in [0, 0.1) is 12.8 Å². The Morgan fingerprint density at radius 3 is 2.72 bits per heavy atom. The highest BCUT2D eigenvalue weighted by Crippen LogP contribution is 2.29. The van der Waals surface area contributed by atoms with Gasteiger partial charge in [-0.1, -0.05) is 12.8 Å². The van der Waals surface area contributed by atoms with Crippen LogP contribution >= 0.6 is 12.4 Å². The van der Waals surface area contributed by atoms with E-state index in [1.54, 1.807) is 0 Å². The molecule has 1 aliphatic rings. The molecule has 3 aromatic heterocycles. The van der Waals surface area contributed by atoms with Crippen molar-refractivity contribution in [3.05, 3.63) is 48.4 Å². The van der Waals surface area contributed by atoms with Crippen molar-refractivity contribution in [2.45, 2.75) is 52.0 Å². The highest BCUT2D eigenvalue weighted by atomic mass is 35.5. The number of pyridine rings is 2. The summed E-state index contributed by atoms with van der Waals surface area (Å²) in [5.41, 5.74) is 4.26. The largest absolute Gasteiger partial charge is 0.356 e. The molecule has 0 aromatic carbocycles. The van der Waals surface area contributed by atoms with Gasteiger partial charge in [-0.05, 0) is 62.4 Å². The monoisotopic (exact) mass is 412 g/mol. The molecule has 1 N–H and O–H groups in total. The van der Waals surface area contributed by atoms with E-state index in [0.717, 1.165) is 41.0 Å². The molecule has 6 heteroatoms. The first-order valence-electron chi connectivity index (χ1n) is 10.4. The Morgan fingerprint density at radius 2 is 1.93 bits per heavy atom. The lowest BCUT2D eigenvalue weighted by Crippen LogP contribution is -2.26. The number of nitrogens with one attached hydrogen (secondary N) is 1. The van der Waals surface area contributed by atoms with Crippen molar-refractivity contribution in [2.75, 3.05) is 6.54 Å². The highest BCUT2D eigenvalue weighted by molar-refractivity contribution is 5.85. The Labute approximate surface area is 178 Å². The van der Waals surface area contributed by atoms with Gasteiger partial charge in [-0.2, -0.15) is 0 Å². The Morgan fingerprint density at radius 1 is 1.17 bits per heavy atom. The standard InChI is InChI=1S/C23H28N4O.ClH/c1-17-20(10-5-11-24-17)21-16-19-9-4-12-26-23(19)27(21)14-6-13-25-22(28)15-18-7-2-3-8-18;/h4-5,9-12,16,18H,2-3,6-8,13-15H2,1H3,(H,25,28);1H. The van der Waals surface area contributed by atoms with Gasteiger partial charge in [0.15, 0.2) is 0 Å². The van der Waals surface area contributed by atoms with Crippen molar-refractivity contribution in [3.63, 3.8) is 0 Å². The van der Waals surface area contributed by atoms with Gasteiger partial charge in [-0.15, -0.1) is 12.4 Å². The van der Waals surface area contributed by atoms with E-state index in [9.17, 15) is 4.79 Å². The van der Waals surface area contributed by atoms with Crippen molar-refractivity contribution in [1.82, 2.24) is 19.9 Å². The molecule has 0 unspecified atom stereocenters. The van der Waals surface area contributed by atoms with Gasteiger partial charge in [0.2, 0.25) is 5.91 Å². The van der Waals surface area contributed by atoms with E-state index < -0.39 is 0 Å². The molecule has 0 saturated heterocycles. The number of halogens is 1. The van der Waals surface area contributed by atoms with Crippen LogP contribution in [0.5, 0.6) is 0 Å². The Kier molecular flexibility index (Phi) is 7.26. The number of hydrogen-bond donors (Lipinski definition) is 1. The molecular formula is C23H29ClN4O. The number of hydrogen-bond acceptors (Lipinski definition) is 3. The second-order valence-corrected chi connectivity index (χ2v) is 7.79. The summed E-state index contributed by atoms with van der Waals surface area (Å²) in [5, 5.41) is 4.24. The Balaban J connectivity index is 0.00000240. The van der Waals surface area contributed by atoms with Crippen LogP contribution in [0.25, 0.3) is 22.3 Å². The van der Waals surface area contributed by atoms with Crippen LogP contribution in [0.15, 0.2) is 42.7 Å². The molecule has 0 spiro atoms. The fourth-order valence-corrected chi connectivity index (χ4v) is 4.31. The molecule has 154 valence electrons. The lowest BCUT2D eigenvalue weighted by Gasteiger charge is -2.13. The van der Waals surface area contributed by atoms with Crippen LogP contribution < -0.4 is 5.32 Å². The second-order valence-electron chi connectivity index (χ2n) is 7.79. The van der Waals surface area contributed by atoms with Crippen LogP contribution in [0.3, 0.4) is 0 Å². The molecule has 1 amide bonds. The van der Waals surface area contributed by atoms with Crippen LogP contribution in [-0.4, -0.2) is 27.0 Å². The molecule has 0 radical (unpaired) electrons. The summed E-state index contributed by atoms with van der Waals surface area (Å²) in [6, 6.07) is 10.3. The second kappa shape index (κ2) is 9.88. The average molecular weight is 413 g/mol. The molecule has 29 heavy (non-hydrogen) atoms.